The molecule has 0 bridgehead atoms. The number of nitrogens with zero attached hydrogens (tertiary/aromatic N) is 3. The molecule has 8 nitrogen and oxygen atoms in total. The van der Waals surface area contributed by atoms with Gasteiger partial charge >= 0.3 is 0 Å². The van der Waals surface area contributed by atoms with Crippen LogP contribution < -0.4 is 15.4 Å². The van der Waals surface area contributed by atoms with Crippen LogP contribution in [-0.2, 0) is 0 Å². The second-order valence-corrected chi connectivity index (χ2v) is 6.63. The average molecular weight is 398 g/mol. The maximum atomic E-state index is 12.5. The average Bonchev–Trinajstić information content (AvgIpc) is 3.13. The molecular formula is C22H18N6O2. The highest BCUT2D eigenvalue weighted by Gasteiger charge is 2.12. The summed E-state index contributed by atoms with van der Waals surface area (Å²) in [5.74, 6) is 0.581. The van der Waals surface area contributed by atoms with Gasteiger partial charge in [-0.1, -0.05) is 6.07 Å². The van der Waals surface area contributed by atoms with Gasteiger partial charge in [-0.25, -0.2) is 4.98 Å². The molecule has 2 heterocycles. The van der Waals surface area contributed by atoms with Crippen LogP contribution in [0.4, 0.5) is 17.5 Å². The maximum Gasteiger partial charge on any atom is 0.258 e. The minimum absolute atomic E-state index is 0.0860. The first-order chi connectivity index (χ1) is 14.6. The lowest BCUT2D eigenvalue weighted by Crippen LogP contribution is -2.15. The number of hydrogen-bond acceptors (Lipinski definition) is 6. The summed E-state index contributed by atoms with van der Waals surface area (Å²) in [6, 6.07) is 16.6. The Balaban J connectivity index is 1.59. The highest BCUT2D eigenvalue weighted by atomic mass is 16.5. The molecule has 4 aromatic rings. The zero-order valence-electron chi connectivity index (χ0n) is 16.4. The predicted octanol–water partition coefficient (Wildman–Crippen LogP) is 4.14. The zero-order chi connectivity index (χ0) is 21.1. The molecule has 0 aliphatic heterocycles. The van der Waals surface area contributed by atoms with E-state index in [1.807, 2.05) is 31.2 Å². The molecule has 0 radical (unpaired) electrons. The smallest absolute Gasteiger partial charge is 0.258 e. The number of nitrogens with one attached hydrogen (secondary N) is 3. The van der Waals surface area contributed by atoms with Crippen molar-refractivity contribution in [2.24, 2.45) is 0 Å². The number of aryl methyl sites for hydroxylation is 1. The molecule has 2 aromatic carbocycles. The molecule has 0 atom stereocenters. The first kappa shape index (κ1) is 19.0. The Morgan fingerprint density at radius 3 is 2.87 bits per heavy atom. The second-order valence-electron chi connectivity index (χ2n) is 6.63. The Morgan fingerprint density at radius 2 is 2.07 bits per heavy atom. The lowest BCUT2D eigenvalue weighted by molar-refractivity contribution is 0.102. The van der Waals surface area contributed by atoms with Crippen LogP contribution in [0.3, 0.4) is 0 Å². The molecule has 0 fully saturated rings. The van der Waals surface area contributed by atoms with Gasteiger partial charge in [0.15, 0.2) is 5.82 Å². The molecule has 1 amide bonds. The third-order valence-electron chi connectivity index (χ3n) is 4.48. The van der Waals surface area contributed by atoms with E-state index in [2.05, 4.69) is 31.7 Å². The monoisotopic (exact) mass is 398 g/mol. The summed E-state index contributed by atoms with van der Waals surface area (Å²) in [4.78, 5) is 24.2. The van der Waals surface area contributed by atoms with E-state index in [0.29, 0.717) is 17.1 Å². The van der Waals surface area contributed by atoms with Gasteiger partial charge in [0.2, 0.25) is 5.95 Å². The summed E-state index contributed by atoms with van der Waals surface area (Å²) in [7, 11) is 1.53. The maximum absolute atomic E-state index is 12.5. The Hall–Kier alpha value is -4.38. The van der Waals surface area contributed by atoms with Crippen LogP contribution in [-0.4, -0.2) is 28.0 Å². The fourth-order valence-corrected chi connectivity index (χ4v) is 3.05. The van der Waals surface area contributed by atoms with Gasteiger partial charge in [-0.2, -0.15) is 10.2 Å². The Bertz CT molecular complexity index is 1290. The summed E-state index contributed by atoms with van der Waals surface area (Å²) in [5, 5.41) is 16.2. The summed E-state index contributed by atoms with van der Waals surface area (Å²) in [6.45, 7) is 1.99. The van der Waals surface area contributed by atoms with E-state index < -0.39 is 0 Å². The molecule has 0 saturated heterocycles. The number of benzene rings is 2. The third-order valence-corrected chi connectivity index (χ3v) is 4.48. The van der Waals surface area contributed by atoms with Crippen LogP contribution in [0.25, 0.3) is 10.9 Å². The van der Waals surface area contributed by atoms with Crippen LogP contribution >= 0.6 is 0 Å². The van der Waals surface area contributed by atoms with Gasteiger partial charge in [0.05, 0.1) is 13.3 Å². The molecule has 2 aromatic heterocycles. The standard InChI is InChI=1S/C22H18N6O2/c1-13-8-15-9-17(6-7-19(15)25-13)26-20-16(11-23)12-24-22(27-20)28-21(29)14-4-3-5-18(10-14)30-2/h3-10,12,25H,1-2H3,(H2,24,26,27,28,29). The van der Waals surface area contributed by atoms with Crippen molar-refractivity contribution in [1.29, 1.82) is 5.26 Å². The van der Waals surface area contributed by atoms with Crippen LogP contribution in [0.1, 0.15) is 21.6 Å². The number of aromatic nitrogens is 3. The quantitative estimate of drug-likeness (QED) is 0.465. The van der Waals surface area contributed by atoms with Gasteiger partial charge in [0, 0.05) is 27.8 Å². The van der Waals surface area contributed by atoms with Crippen molar-refractivity contribution in [3.05, 3.63) is 71.5 Å². The van der Waals surface area contributed by atoms with Crippen molar-refractivity contribution in [1.82, 2.24) is 15.0 Å². The van der Waals surface area contributed by atoms with E-state index in [-0.39, 0.29) is 17.4 Å². The number of rotatable bonds is 5. The van der Waals surface area contributed by atoms with E-state index in [1.54, 1.807) is 24.3 Å². The number of fused-ring (bicyclic) bond motifs is 1. The first-order valence-electron chi connectivity index (χ1n) is 9.14. The molecule has 0 spiro atoms. The molecule has 4 rings (SSSR count). The van der Waals surface area contributed by atoms with Crippen LogP contribution in [0, 0.1) is 18.3 Å². The molecule has 30 heavy (non-hydrogen) atoms. The molecule has 148 valence electrons. The highest BCUT2D eigenvalue weighted by molar-refractivity contribution is 6.03. The van der Waals surface area contributed by atoms with Crippen molar-refractivity contribution < 1.29 is 9.53 Å². The van der Waals surface area contributed by atoms with Crippen molar-refractivity contribution in [2.75, 3.05) is 17.7 Å². The summed E-state index contributed by atoms with van der Waals surface area (Å²) < 4.78 is 5.14. The number of H-pyrrole nitrogens is 1. The van der Waals surface area contributed by atoms with Gasteiger partial charge in [0.25, 0.3) is 5.91 Å². The molecular weight excluding hydrogens is 380 g/mol. The number of amides is 1. The van der Waals surface area contributed by atoms with E-state index in [4.69, 9.17) is 4.74 Å². The number of aromatic amines is 1. The van der Waals surface area contributed by atoms with Crippen molar-refractivity contribution >= 4 is 34.3 Å². The molecule has 0 unspecified atom stereocenters. The minimum atomic E-state index is -0.381. The molecule has 0 saturated carbocycles. The van der Waals surface area contributed by atoms with Crippen LogP contribution in [0.2, 0.25) is 0 Å². The number of nitriles is 1. The molecule has 8 heteroatoms. The second kappa shape index (κ2) is 7.93. The number of anilines is 3. The molecule has 0 aliphatic rings. The van der Waals surface area contributed by atoms with Gasteiger partial charge in [-0.15, -0.1) is 0 Å². The van der Waals surface area contributed by atoms with Crippen LogP contribution in [0.15, 0.2) is 54.7 Å². The Labute approximate surface area is 172 Å². The largest absolute Gasteiger partial charge is 0.497 e. The van der Waals surface area contributed by atoms with Gasteiger partial charge in [0.1, 0.15) is 17.4 Å². The van der Waals surface area contributed by atoms with E-state index >= 15 is 0 Å². The number of carbonyl (C=O) groups is 1. The number of ether oxygens (including phenoxy) is 1. The van der Waals surface area contributed by atoms with Crippen molar-refractivity contribution in [3.63, 3.8) is 0 Å². The van der Waals surface area contributed by atoms with Crippen LogP contribution in [0.5, 0.6) is 5.75 Å². The lowest BCUT2D eigenvalue weighted by Gasteiger charge is -2.10. The number of hydrogen-bond donors (Lipinski definition) is 3. The minimum Gasteiger partial charge on any atom is -0.497 e. The molecule has 3 N–H and O–H groups in total. The molecule has 0 aliphatic carbocycles. The Kier molecular flexibility index (Phi) is 5.01. The number of carbonyl (C=O) groups excluding carboxylic acids is 1. The van der Waals surface area contributed by atoms with E-state index in [1.165, 1.54) is 13.3 Å². The van der Waals surface area contributed by atoms with Crippen molar-refractivity contribution in [3.8, 4) is 11.8 Å². The van der Waals surface area contributed by atoms with Gasteiger partial charge < -0.3 is 15.0 Å². The topological polar surface area (TPSA) is 116 Å². The lowest BCUT2D eigenvalue weighted by atomic mass is 10.2. The summed E-state index contributed by atoms with van der Waals surface area (Å²) in [5.41, 5.74) is 3.52. The zero-order valence-corrected chi connectivity index (χ0v) is 16.4. The van der Waals surface area contributed by atoms with E-state index in [9.17, 15) is 10.1 Å². The summed E-state index contributed by atoms with van der Waals surface area (Å²) >= 11 is 0. The summed E-state index contributed by atoms with van der Waals surface area (Å²) in [6.07, 6.45) is 1.37. The SMILES string of the molecule is COc1cccc(C(=O)Nc2ncc(C#N)c(Nc3ccc4[nH]c(C)cc4c3)n2)c1. The van der Waals surface area contributed by atoms with E-state index in [0.717, 1.165) is 22.3 Å². The number of methoxy groups -OCH3 is 1. The van der Waals surface area contributed by atoms with Gasteiger partial charge in [-0.3, -0.25) is 10.1 Å². The predicted molar refractivity (Wildman–Crippen MR) is 114 cm³/mol. The Morgan fingerprint density at radius 1 is 1.20 bits per heavy atom. The highest BCUT2D eigenvalue weighted by Crippen LogP contribution is 2.24. The third kappa shape index (κ3) is 3.91. The fourth-order valence-electron chi connectivity index (χ4n) is 3.05. The fraction of sp³-hybridized carbons (Fsp3) is 0.0909. The van der Waals surface area contributed by atoms with Gasteiger partial charge in [-0.05, 0) is 49.4 Å². The first-order valence-corrected chi connectivity index (χ1v) is 9.14. The normalized spacial score (nSPS) is 10.4. The van der Waals surface area contributed by atoms with Crippen molar-refractivity contribution in [2.45, 2.75) is 6.92 Å².